The Labute approximate surface area is 102 Å². The summed E-state index contributed by atoms with van der Waals surface area (Å²) in [5.41, 5.74) is 1.05. The first-order chi connectivity index (χ1) is 8.10. The first-order valence-corrected chi connectivity index (χ1v) is 5.92. The molecule has 0 aliphatic rings. The average Bonchev–Trinajstić information content (AvgIpc) is 2.73. The lowest BCUT2D eigenvalue weighted by molar-refractivity contribution is -0.144. The quantitative estimate of drug-likeness (QED) is 0.705. The first kappa shape index (κ1) is 13.7. The van der Waals surface area contributed by atoms with Crippen molar-refractivity contribution in [1.82, 2.24) is 14.5 Å². The van der Waals surface area contributed by atoms with E-state index in [-0.39, 0.29) is 12.0 Å². The second kappa shape index (κ2) is 6.39. The van der Waals surface area contributed by atoms with Crippen LogP contribution < -0.4 is 0 Å². The number of ether oxygens (including phenoxy) is 1. The van der Waals surface area contributed by atoms with Crippen molar-refractivity contribution in [1.29, 1.82) is 0 Å². The molecular weight excluding hydrogens is 218 g/mol. The van der Waals surface area contributed by atoms with Gasteiger partial charge in [0.1, 0.15) is 0 Å². The van der Waals surface area contributed by atoms with Gasteiger partial charge in [-0.2, -0.15) is 0 Å². The van der Waals surface area contributed by atoms with Gasteiger partial charge < -0.3 is 14.2 Å². The van der Waals surface area contributed by atoms with E-state index in [0.717, 1.165) is 12.2 Å². The fourth-order valence-electron chi connectivity index (χ4n) is 1.80. The van der Waals surface area contributed by atoms with E-state index in [0.29, 0.717) is 13.0 Å². The summed E-state index contributed by atoms with van der Waals surface area (Å²) in [7, 11) is 3.91. The lowest BCUT2D eigenvalue weighted by Crippen LogP contribution is -2.25. The number of carbonyl (C=O) groups is 1. The summed E-state index contributed by atoms with van der Waals surface area (Å²) in [6.07, 6.45) is 3.96. The molecule has 1 heterocycles. The molecule has 96 valence electrons. The lowest BCUT2D eigenvalue weighted by atomic mass is 10.1. The second-order valence-corrected chi connectivity index (χ2v) is 4.09. The van der Waals surface area contributed by atoms with E-state index < -0.39 is 0 Å². The van der Waals surface area contributed by atoms with Gasteiger partial charge in [0.2, 0.25) is 0 Å². The van der Waals surface area contributed by atoms with Crippen molar-refractivity contribution >= 4 is 5.97 Å². The van der Waals surface area contributed by atoms with Crippen LogP contribution in [0.2, 0.25) is 0 Å². The van der Waals surface area contributed by atoms with Crippen molar-refractivity contribution in [3.05, 3.63) is 18.2 Å². The van der Waals surface area contributed by atoms with Gasteiger partial charge in [0.25, 0.3) is 0 Å². The Kier molecular flexibility index (Phi) is 5.15. The largest absolute Gasteiger partial charge is 0.466 e. The average molecular weight is 239 g/mol. The van der Waals surface area contributed by atoms with E-state index in [4.69, 9.17) is 4.74 Å². The minimum atomic E-state index is -0.171. The summed E-state index contributed by atoms with van der Waals surface area (Å²) in [4.78, 5) is 17.7. The normalized spacial score (nSPS) is 12.8. The summed E-state index contributed by atoms with van der Waals surface area (Å²) in [5, 5.41) is 0. The van der Waals surface area contributed by atoms with Crippen molar-refractivity contribution in [3.8, 4) is 0 Å². The maximum absolute atomic E-state index is 11.6. The molecule has 0 saturated carbocycles. The van der Waals surface area contributed by atoms with Crippen LogP contribution in [0.4, 0.5) is 0 Å². The first-order valence-electron chi connectivity index (χ1n) is 5.92. The summed E-state index contributed by atoms with van der Waals surface area (Å²) in [6.45, 7) is 5.15. The fourth-order valence-corrected chi connectivity index (χ4v) is 1.80. The van der Waals surface area contributed by atoms with Gasteiger partial charge in [-0.15, -0.1) is 0 Å². The highest BCUT2D eigenvalue weighted by Crippen LogP contribution is 2.22. The van der Waals surface area contributed by atoms with Crippen molar-refractivity contribution in [2.75, 3.05) is 20.7 Å². The molecule has 17 heavy (non-hydrogen) atoms. The zero-order chi connectivity index (χ0) is 12.8. The molecule has 0 fully saturated rings. The highest BCUT2D eigenvalue weighted by atomic mass is 16.5. The number of rotatable bonds is 6. The number of aromatic nitrogens is 2. The Morgan fingerprint density at radius 1 is 1.53 bits per heavy atom. The van der Waals surface area contributed by atoms with E-state index in [2.05, 4.69) is 11.9 Å². The van der Waals surface area contributed by atoms with E-state index >= 15 is 0 Å². The molecule has 1 aromatic rings. The molecular formula is C12H21N3O2. The second-order valence-electron chi connectivity index (χ2n) is 4.09. The number of aryl methyl sites for hydroxylation is 1. The van der Waals surface area contributed by atoms with Gasteiger partial charge >= 0.3 is 5.97 Å². The summed E-state index contributed by atoms with van der Waals surface area (Å²) in [6, 6.07) is 0.0106. The fraction of sp³-hybridized carbons (Fsp3) is 0.667. The molecule has 1 aromatic heterocycles. The van der Waals surface area contributed by atoms with Crippen LogP contribution in [0.15, 0.2) is 12.5 Å². The van der Waals surface area contributed by atoms with Gasteiger partial charge in [0, 0.05) is 12.7 Å². The summed E-state index contributed by atoms with van der Waals surface area (Å²) < 4.78 is 7.04. The molecule has 1 unspecified atom stereocenters. The number of hydrogen-bond donors (Lipinski definition) is 0. The number of imidazole rings is 1. The minimum Gasteiger partial charge on any atom is -0.466 e. The zero-order valence-electron chi connectivity index (χ0n) is 11.0. The molecule has 0 amide bonds. The number of esters is 1. The maximum atomic E-state index is 11.6. The van der Waals surface area contributed by atoms with E-state index in [1.807, 2.05) is 36.7 Å². The van der Waals surface area contributed by atoms with Gasteiger partial charge in [-0.25, -0.2) is 4.98 Å². The van der Waals surface area contributed by atoms with Crippen LogP contribution in [0.3, 0.4) is 0 Å². The van der Waals surface area contributed by atoms with E-state index in [1.54, 1.807) is 6.33 Å². The van der Waals surface area contributed by atoms with Crippen molar-refractivity contribution in [2.45, 2.75) is 32.9 Å². The predicted molar refractivity (Wildman–Crippen MR) is 65.6 cm³/mol. The van der Waals surface area contributed by atoms with Gasteiger partial charge in [-0.3, -0.25) is 4.79 Å². The molecule has 0 aliphatic heterocycles. The monoisotopic (exact) mass is 239 g/mol. The molecule has 1 rings (SSSR count). The highest BCUT2D eigenvalue weighted by molar-refractivity contribution is 5.70. The molecule has 0 spiro atoms. The lowest BCUT2D eigenvalue weighted by Gasteiger charge is -2.24. The van der Waals surface area contributed by atoms with Crippen LogP contribution in [0.25, 0.3) is 0 Å². The van der Waals surface area contributed by atoms with Crippen molar-refractivity contribution in [3.63, 3.8) is 0 Å². The Hall–Kier alpha value is -1.36. The standard InChI is InChI=1S/C12H21N3O2/c1-5-15-9-13-8-11(15)10(14(3)4)7-12(16)17-6-2/h8-10H,5-7H2,1-4H3. The molecule has 1 atom stereocenters. The number of carbonyl (C=O) groups excluding carboxylic acids is 1. The van der Waals surface area contributed by atoms with E-state index in [9.17, 15) is 4.79 Å². The van der Waals surface area contributed by atoms with Crippen LogP contribution in [0, 0.1) is 0 Å². The number of hydrogen-bond acceptors (Lipinski definition) is 4. The van der Waals surface area contributed by atoms with Crippen LogP contribution in [0.5, 0.6) is 0 Å². The third-order valence-electron chi connectivity index (χ3n) is 2.72. The number of nitrogens with zero attached hydrogens (tertiary/aromatic N) is 3. The maximum Gasteiger partial charge on any atom is 0.307 e. The molecule has 0 N–H and O–H groups in total. The van der Waals surface area contributed by atoms with Gasteiger partial charge in [-0.1, -0.05) is 0 Å². The van der Waals surface area contributed by atoms with E-state index in [1.165, 1.54) is 0 Å². The van der Waals surface area contributed by atoms with Gasteiger partial charge in [0.15, 0.2) is 0 Å². The Balaban J connectivity index is 2.82. The van der Waals surface area contributed by atoms with Crippen molar-refractivity contribution in [2.24, 2.45) is 0 Å². The molecule has 0 aromatic carbocycles. The molecule has 0 aliphatic carbocycles. The van der Waals surface area contributed by atoms with Gasteiger partial charge in [-0.05, 0) is 27.9 Å². The molecule has 0 bridgehead atoms. The third-order valence-corrected chi connectivity index (χ3v) is 2.72. The summed E-state index contributed by atoms with van der Waals surface area (Å²) in [5.74, 6) is -0.171. The highest BCUT2D eigenvalue weighted by Gasteiger charge is 2.21. The van der Waals surface area contributed by atoms with Crippen LogP contribution >= 0.6 is 0 Å². The Morgan fingerprint density at radius 2 is 2.24 bits per heavy atom. The molecule has 0 saturated heterocycles. The van der Waals surface area contributed by atoms with Crippen LogP contribution in [-0.4, -0.2) is 41.1 Å². The molecule has 5 nitrogen and oxygen atoms in total. The van der Waals surface area contributed by atoms with Gasteiger partial charge in [0.05, 0.1) is 31.1 Å². The smallest absolute Gasteiger partial charge is 0.307 e. The van der Waals surface area contributed by atoms with Crippen molar-refractivity contribution < 1.29 is 9.53 Å². The topological polar surface area (TPSA) is 47.4 Å². The van der Waals surface area contributed by atoms with Crippen LogP contribution in [0.1, 0.15) is 32.0 Å². The Morgan fingerprint density at radius 3 is 2.76 bits per heavy atom. The molecule has 0 radical (unpaired) electrons. The zero-order valence-corrected chi connectivity index (χ0v) is 11.0. The summed E-state index contributed by atoms with van der Waals surface area (Å²) >= 11 is 0. The molecule has 5 heteroatoms. The minimum absolute atomic E-state index is 0.0106. The third kappa shape index (κ3) is 3.56. The predicted octanol–water partition coefficient (Wildman–Crippen LogP) is 1.46. The van der Waals surface area contributed by atoms with Crippen LogP contribution in [-0.2, 0) is 16.1 Å². The SMILES string of the molecule is CCOC(=O)CC(c1cncn1CC)N(C)C. The Bertz CT molecular complexity index is 360.